The first kappa shape index (κ1) is 20.1. The number of alkyl halides is 2. The second-order valence-electron chi connectivity index (χ2n) is 6.62. The minimum Gasteiger partial charge on any atom is -0.334 e. The molecule has 0 saturated heterocycles. The first-order chi connectivity index (χ1) is 12.5. The molecule has 6 heteroatoms. The average Bonchev–Trinajstić information content (AvgIpc) is 2.65. The van der Waals surface area contributed by atoms with Gasteiger partial charge in [0.25, 0.3) is 6.43 Å². The van der Waals surface area contributed by atoms with Crippen LogP contribution in [0.4, 0.5) is 14.5 Å². The van der Waals surface area contributed by atoms with Gasteiger partial charge in [-0.2, -0.15) is 0 Å². The van der Waals surface area contributed by atoms with Gasteiger partial charge in [0, 0.05) is 18.2 Å². The molecule has 1 fully saturated rings. The van der Waals surface area contributed by atoms with E-state index < -0.39 is 13.0 Å². The van der Waals surface area contributed by atoms with Crippen LogP contribution in [0, 0.1) is 0 Å². The number of aryl methyl sites for hydroxylation is 1. The van der Waals surface area contributed by atoms with E-state index in [0.717, 1.165) is 37.7 Å². The van der Waals surface area contributed by atoms with Crippen LogP contribution in [-0.2, 0) is 16.0 Å². The van der Waals surface area contributed by atoms with Gasteiger partial charge in [0.05, 0.1) is 6.54 Å². The Bertz CT molecular complexity index is 611. The van der Waals surface area contributed by atoms with Crippen LogP contribution in [0.2, 0.25) is 0 Å². The van der Waals surface area contributed by atoms with Crippen LogP contribution in [0.3, 0.4) is 0 Å². The van der Waals surface area contributed by atoms with Crippen LogP contribution in [0.1, 0.15) is 44.1 Å². The Balaban J connectivity index is 1.91. The minimum absolute atomic E-state index is 0.0539. The van der Waals surface area contributed by atoms with Crippen molar-refractivity contribution in [3.8, 4) is 0 Å². The molecule has 1 aromatic rings. The lowest BCUT2D eigenvalue weighted by Gasteiger charge is -2.34. The number of rotatable bonds is 8. The number of carbonyl (C=O) groups is 2. The van der Waals surface area contributed by atoms with Gasteiger partial charge in [-0.05, 0) is 43.0 Å². The molecule has 2 rings (SSSR count). The predicted octanol–water partition coefficient (Wildman–Crippen LogP) is 4.17. The molecular formula is C20H26F2N2O2. The van der Waals surface area contributed by atoms with Gasteiger partial charge in [0.2, 0.25) is 11.8 Å². The molecule has 1 aromatic carbocycles. The predicted molar refractivity (Wildman–Crippen MR) is 98.2 cm³/mol. The first-order valence-electron chi connectivity index (χ1n) is 9.09. The number of nitrogens with zero attached hydrogens (tertiary/aromatic N) is 1. The van der Waals surface area contributed by atoms with Gasteiger partial charge in [0.1, 0.15) is 0 Å². The molecule has 1 saturated carbocycles. The second kappa shape index (κ2) is 10.0. The summed E-state index contributed by atoms with van der Waals surface area (Å²) in [6.45, 7) is 2.91. The van der Waals surface area contributed by atoms with Gasteiger partial charge >= 0.3 is 0 Å². The summed E-state index contributed by atoms with van der Waals surface area (Å²) in [4.78, 5) is 25.2. The molecule has 0 aromatic heterocycles. The van der Waals surface area contributed by atoms with Crippen LogP contribution in [0.25, 0.3) is 0 Å². The van der Waals surface area contributed by atoms with E-state index in [1.54, 1.807) is 12.1 Å². The van der Waals surface area contributed by atoms with Crippen molar-refractivity contribution in [3.63, 3.8) is 0 Å². The van der Waals surface area contributed by atoms with E-state index in [-0.39, 0.29) is 24.3 Å². The monoisotopic (exact) mass is 364 g/mol. The maximum Gasteiger partial charge on any atom is 0.255 e. The smallest absolute Gasteiger partial charge is 0.255 e. The van der Waals surface area contributed by atoms with Crippen molar-refractivity contribution in [2.45, 2.75) is 57.4 Å². The highest BCUT2D eigenvalue weighted by Gasteiger charge is 2.27. The van der Waals surface area contributed by atoms with E-state index in [9.17, 15) is 18.4 Å². The molecule has 0 bridgehead atoms. The molecule has 0 heterocycles. The molecule has 2 amide bonds. The van der Waals surface area contributed by atoms with Gasteiger partial charge in [0.15, 0.2) is 0 Å². The number of hydrogen-bond acceptors (Lipinski definition) is 2. The van der Waals surface area contributed by atoms with Crippen molar-refractivity contribution in [3.05, 3.63) is 42.5 Å². The minimum atomic E-state index is -2.51. The summed E-state index contributed by atoms with van der Waals surface area (Å²) in [6, 6.07) is 7.09. The first-order valence-corrected chi connectivity index (χ1v) is 9.09. The normalized spacial score (nSPS) is 14.9. The second-order valence-corrected chi connectivity index (χ2v) is 6.62. The SMILES string of the molecule is C=CC(=O)Nc1ccc(CCC(=O)N(CC(F)F)C2CCCCC2)cc1. The summed E-state index contributed by atoms with van der Waals surface area (Å²) in [5, 5.41) is 2.65. The Morgan fingerprint density at radius 1 is 1.19 bits per heavy atom. The molecule has 26 heavy (non-hydrogen) atoms. The maximum absolute atomic E-state index is 12.9. The molecule has 1 aliphatic rings. The average molecular weight is 364 g/mol. The number of benzene rings is 1. The van der Waals surface area contributed by atoms with Crippen LogP contribution in [0.15, 0.2) is 36.9 Å². The lowest BCUT2D eigenvalue weighted by atomic mass is 9.93. The fraction of sp³-hybridized carbons (Fsp3) is 0.500. The summed E-state index contributed by atoms with van der Waals surface area (Å²) < 4.78 is 25.8. The van der Waals surface area contributed by atoms with Crippen molar-refractivity contribution in [1.29, 1.82) is 0 Å². The molecule has 0 unspecified atom stereocenters. The van der Waals surface area contributed by atoms with Crippen LogP contribution >= 0.6 is 0 Å². The highest BCUT2D eigenvalue weighted by molar-refractivity contribution is 5.98. The quantitative estimate of drug-likeness (QED) is 0.704. The topological polar surface area (TPSA) is 49.4 Å². The van der Waals surface area contributed by atoms with E-state index in [2.05, 4.69) is 11.9 Å². The van der Waals surface area contributed by atoms with Crippen molar-refractivity contribution < 1.29 is 18.4 Å². The Morgan fingerprint density at radius 2 is 1.85 bits per heavy atom. The fourth-order valence-corrected chi connectivity index (χ4v) is 3.34. The van der Waals surface area contributed by atoms with Gasteiger partial charge in [-0.15, -0.1) is 0 Å². The summed E-state index contributed by atoms with van der Waals surface area (Å²) in [5.41, 5.74) is 1.57. The Morgan fingerprint density at radius 3 is 2.42 bits per heavy atom. The van der Waals surface area contributed by atoms with E-state index in [0.29, 0.717) is 12.1 Å². The maximum atomic E-state index is 12.9. The third-order valence-corrected chi connectivity index (χ3v) is 4.70. The number of halogens is 2. The molecule has 1 aliphatic carbocycles. The lowest BCUT2D eigenvalue weighted by Crippen LogP contribution is -2.44. The molecular weight excluding hydrogens is 338 g/mol. The Hall–Kier alpha value is -2.24. The lowest BCUT2D eigenvalue weighted by molar-refractivity contribution is -0.136. The summed E-state index contributed by atoms with van der Waals surface area (Å²) in [5.74, 6) is -0.496. The van der Waals surface area contributed by atoms with Crippen LogP contribution in [0.5, 0.6) is 0 Å². The number of nitrogens with one attached hydrogen (secondary N) is 1. The third kappa shape index (κ3) is 6.24. The van der Waals surface area contributed by atoms with Gasteiger partial charge in [-0.3, -0.25) is 9.59 Å². The van der Waals surface area contributed by atoms with Crippen molar-refractivity contribution >= 4 is 17.5 Å². The van der Waals surface area contributed by atoms with Crippen molar-refractivity contribution in [2.24, 2.45) is 0 Å². The highest BCUT2D eigenvalue weighted by Crippen LogP contribution is 2.24. The summed E-state index contributed by atoms with van der Waals surface area (Å²) in [6.07, 6.45) is 4.12. The molecule has 0 atom stereocenters. The van der Waals surface area contributed by atoms with Gasteiger partial charge in [-0.1, -0.05) is 38.0 Å². The molecule has 0 aliphatic heterocycles. The van der Waals surface area contributed by atoms with Crippen LogP contribution in [-0.4, -0.2) is 35.7 Å². The highest BCUT2D eigenvalue weighted by atomic mass is 19.3. The van der Waals surface area contributed by atoms with Crippen LogP contribution < -0.4 is 5.32 Å². The molecule has 0 spiro atoms. The Kier molecular flexibility index (Phi) is 7.75. The molecule has 142 valence electrons. The zero-order chi connectivity index (χ0) is 18.9. The number of hydrogen-bond donors (Lipinski definition) is 1. The van der Waals surface area contributed by atoms with Gasteiger partial charge in [-0.25, -0.2) is 8.78 Å². The standard InChI is InChI=1S/C20H26F2N2O2/c1-2-19(25)23-16-11-8-15(9-12-16)10-13-20(26)24(14-18(21)22)17-6-4-3-5-7-17/h2,8-9,11-12,17-18H,1,3-7,10,13-14H2,(H,23,25). The summed E-state index contributed by atoms with van der Waals surface area (Å²) >= 11 is 0. The van der Waals surface area contributed by atoms with Crippen molar-refractivity contribution in [1.82, 2.24) is 4.90 Å². The van der Waals surface area contributed by atoms with E-state index >= 15 is 0 Å². The zero-order valence-electron chi connectivity index (χ0n) is 14.9. The number of anilines is 1. The fourth-order valence-electron chi connectivity index (χ4n) is 3.34. The number of amides is 2. The number of carbonyl (C=O) groups excluding carboxylic acids is 2. The molecule has 1 N–H and O–H groups in total. The molecule has 4 nitrogen and oxygen atoms in total. The van der Waals surface area contributed by atoms with E-state index in [4.69, 9.17) is 0 Å². The molecule has 0 radical (unpaired) electrons. The Labute approximate surface area is 153 Å². The third-order valence-electron chi connectivity index (χ3n) is 4.70. The zero-order valence-corrected chi connectivity index (χ0v) is 14.9. The van der Waals surface area contributed by atoms with Gasteiger partial charge < -0.3 is 10.2 Å². The van der Waals surface area contributed by atoms with E-state index in [1.165, 1.54) is 11.0 Å². The summed E-state index contributed by atoms with van der Waals surface area (Å²) in [7, 11) is 0. The van der Waals surface area contributed by atoms with E-state index in [1.807, 2.05) is 12.1 Å². The van der Waals surface area contributed by atoms with Crippen molar-refractivity contribution in [2.75, 3.05) is 11.9 Å². The largest absolute Gasteiger partial charge is 0.334 e.